The summed E-state index contributed by atoms with van der Waals surface area (Å²) in [5.74, 6) is 0.160. The first kappa shape index (κ1) is 19.4. The summed E-state index contributed by atoms with van der Waals surface area (Å²) < 4.78 is 5.12. The van der Waals surface area contributed by atoms with Crippen LogP contribution in [0, 0.1) is 5.41 Å². The fourth-order valence-corrected chi connectivity index (χ4v) is 2.63. The lowest BCUT2D eigenvalue weighted by atomic mass is 9.87. The van der Waals surface area contributed by atoms with Gasteiger partial charge < -0.3 is 15.4 Å². The van der Waals surface area contributed by atoms with Gasteiger partial charge in [-0.15, -0.1) is 0 Å². The summed E-state index contributed by atoms with van der Waals surface area (Å²) in [7, 11) is 1.67. The lowest BCUT2D eigenvalue weighted by molar-refractivity contribution is -0.135. The predicted molar refractivity (Wildman–Crippen MR) is 84.6 cm³/mol. The van der Waals surface area contributed by atoms with Crippen molar-refractivity contribution in [2.75, 3.05) is 20.3 Å². The Morgan fingerprint density at radius 1 is 1.25 bits per heavy atom. The molecule has 0 radical (unpaired) electrons. The van der Waals surface area contributed by atoms with E-state index >= 15 is 0 Å². The molecule has 0 aromatic rings. The van der Waals surface area contributed by atoms with Crippen LogP contribution in [0.3, 0.4) is 0 Å². The quantitative estimate of drug-likeness (QED) is 0.709. The Bertz CT molecular complexity index is 270. The van der Waals surface area contributed by atoms with Crippen molar-refractivity contribution in [3.05, 3.63) is 0 Å². The van der Waals surface area contributed by atoms with Crippen molar-refractivity contribution in [3.8, 4) is 0 Å². The monoisotopic (exact) mass is 286 g/mol. The van der Waals surface area contributed by atoms with Gasteiger partial charge in [-0.2, -0.15) is 0 Å². The topological polar surface area (TPSA) is 55.6 Å². The van der Waals surface area contributed by atoms with Gasteiger partial charge in [0.2, 0.25) is 5.91 Å². The van der Waals surface area contributed by atoms with Crippen LogP contribution in [0.4, 0.5) is 0 Å². The first-order valence-electron chi connectivity index (χ1n) is 7.79. The van der Waals surface area contributed by atoms with Crippen molar-refractivity contribution in [2.45, 2.75) is 72.4 Å². The van der Waals surface area contributed by atoms with E-state index in [9.17, 15) is 4.79 Å². The minimum Gasteiger partial charge on any atom is -0.383 e. The van der Waals surface area contributed by atoms with E-state index < -0.39 is 0 Å². The Labute approximate surface area is 125 Å². The highest BCUT2D eigenvalue weighted by Gasteiger charge is 2.24. The summed E-state index contributed by atoms with van der Waals surface area (Å²) >= 11 is 0. The van der Waals surface area contributed by atoms with E-state index in [0.29, 0.717) is 25.6 Å². The van der Waals surface area contributed by atoms with Gasteiger partial charge in [0.25, 0.3) is 0 Å². The Morgan fingerprint density at radius 3 is 2.20 bits per heavy atom. The first-order chi connectivity index (χ1) is 9.25. The Morgan fingerprint density at radius 2 is 1.80 bits per heavy atom. The number of hydrogen-bond acceptors (Lipinski definition) is 3. The molecule has 0 saturated heterocycles. The molecule has 1 unspecified atom stereocenters. The number of rotatable bonds is 9. The zero-order chi connectivity index (χ0) is 15.8. The highest BCUT2D eigenvalue weighted by molar-refractivity contribution is 5.77. The van der Waals surface area contributed by atoms with E-state index in [2.05, 4.69) is 34.6 Å². The summed E-state index contributed by atoms with van der Waals surface area (Å²) in [5, 5.41) is 0. The molecule has 1 atom stereocenters. The molecule has 0 aliphatic heterocycles. The number of nitrogens with zero attached hydrogens (tertiary/aromatic N) is 1. The van der Waals surface area contributed by atoms with Crippen LogP contribution >= 0.6 is 0 Å². The number of methoxy groups -OCH3 is 1. The van der Waals surface area contributed by atoms with Gasteiger partial charge in [0.15, 0.2) is 0 Å². The Kier molecular flexibility index (Phi) is 9.06. The van der Waals surface area contributed by atoms with Crippen molar-refractivity contribution in [2.24, 2.45) is 11.1 Å². The molecule has 4 heteroatoms. The van der Waals surface area contributed by atoms with Crippen LogP contribution < -0.4 is 5.73 Å². The highest BCUT2D eigenvalue weighted by atomic mass is 16.5. The van der Waals surface area contributed by atoms with E-state index in [4.69, 9.17) is 10.5 Å². The molecule has 120 valence electrons. The fraction of sp³-hybridized carbons (Fsp3) is 0.938. The number of amides is 1. The molecule has 0 aromatic carbocycles. The molecule has 0 aromatic heterocycles. The number of carbonyl (C=O) groups excluding carboxylic acids is 1. The lowest BCUT2D eigenvalue weighted by Gasteiger charge is -2.32. The molecule has 0 spiro atoms. The summed E-state index contributed by atoms with van der Waals surface area (Å²) in [6.07, 6.45) is 3.23. The molecule has 0 saturated carbocycles. The summed E-state index contributed by atoms with van der Waals surface area (Å²) in [4.78, 5) is 14.4. The third-order valence-electron chi connectivity index (χ3n) is 3.55. The Hall–Kier alpha value is -0.610. The maximum Gasteiger partial charge on any atom is 0.224 e. The number of ether oxygens (including phenoxy) is 1. The zero-order valence-corrected chi connectivity index (χ0v) is 14.2. The fourth-order valence-electron chi connectivity index (χ4n) is 2.63. The normalized spacial score (nSPS) is 13.6. The maximum absolute atomic E-state index is 12.5. The minimum atomic E-state index is -0.0677. The van der Waals surface area contributed by atoms with Gasteiger partial charge in [-0.05, 0) is 24.7 Å². The van der Waals surface area contributed by atoms with Crippen molar-refractivity contribution in [1.82, 2.24) is 4.90 Å². The molecular formula is C16H34N2O2. The maximum atomic E-state index is 12.5. The molecule has 1 amide bonds. The third kappa shape index (κ3) is 7.85. The first-order valence-corrected chi connectivity index (χ1v) is 7.79. The Balaban J connectivity index is 4.61. The predicted octanol–water partition coefficient (Wildman–Crippen LogP) is 2.80. The molecule has 0 heterocycles. The van der Waals surface area contributed by atoms with E-state index in [1.54, 1.807) is 7.11 Å². The van der Waals surface area contributed by atoms with Gasteiger partial charge in [0.1, 0.15) is 0 Å². The van der Waals surface area contributed by atoms with Crippen LogP contribution in [0.1, 0.15) is 60.3 Å². The average Bonchev–Trinajstić information content (AvgIpc) is 2.31. The lowest BCUT2D eigenvalue weighted by Crippen LogP contribution is -2.44. The van der Waals surface area contributed by atoms with Crippen LogP contribution in [0.5, 0.6) is 0 Å². The molecule has 0 aliphatic rings. The second kappa shape index (κ2) is 9.35. The van der Waals surface area contributed by atoms with Crippen LogP contribution in [0.25, 0.3) is 0 Å². The van der Waals surface area contributed by atoms with E-state index in [1.807, 2.05) is 4.90 Å². The summed E-state index contributed by atoms with van der Waals surface area (Å²) in [5.41, 5.74) is 6.29. The van der Waals surface area contributed by atoms with Gasteiger partial charge >= 0.3 is 0 Å². The molecule has 20 heavy (non-hydrogen) atoms. The zero-order valence-electron chi connectivity index (χ0n) is 14.2. The van der Waals surface area contributed by atoms with Crippen molar-refractivity contribution >= 4 is 5.91 Å². The van der Waals surface area contributed by atoms with E-state index in [-0.39, 0.29) is 17.4 Å². The minimum absolute atomic E-state index is 0.0677. The van der Waals surface area contributed by atoms with Crippen LogP contribution in [-0.2, 0) is 9.53 Å². The second-order valence-corrected chi connectivity index (χ2v) is 6.78. The van der Waals surface area contributed by atoms with Crippen molar-refractivity contribution in [3.63, 3.8) is 0 Å². The standard InChI is InChI=1S/C16H34N2O2/c1-7-14(8-2)18(9-10-20-6)15(19)11-13(17)12-16(3,4)5/h13-14H,7-12,17H2,1-6H3. The SMILES string of the molecule is CCC(CC)N(CCOC)C(=O)CC(N)CC(C)(C)C. The van der Waals surface area contributed by atoms with Crippen molar-refractivity contribution < 1.29 is 9.53 Å². The van der Waals surface area contributed by atoms with Gasteiger partial charge in [-0.1, -0.05) is 34.6 Å². The molecule has 0 bridgehead atoms. The van der Waals surface area contributed by atoms with Gasteiger partial charge in [0.05, 0.1) is 6.61 Å². The average molecular weight is 286 g/mol. The van der Waals surface area contributed by atoms with Gasteiger partial charge in [-0.25, -0.2) is 0 Å². The van der Waals surface area contributed by atoms with E-state index in [1.165, 1.54) is 0 Å². The van der Waals surface area contributed by atoms with Crippen LogP contribution in [-0.4, -0.2) is 43.2 Å². The number of nitrogens with two attached hydrogens (primary N) is 1. The van der Waals surface area contributed by atoms with E-state index in [0.717, 1.165) is 19.3 Å². The van der Waals surface area contributed by atoms with Crippen LogP contribution in [0.2, 0.25) is 0 Å². The largest absolute Gasteiger partial charge is 0.383 e. The molecule has 2 N–H and O–H groups in total. The summed E-state index contributed by atoms with van der Waals surface area (Å²) in [6.45, 7) is 11.9. The molecule has 0 aliphatic carbocycles. The molecule has 0 rings (SSSR count). The van der Waals surface area contributed by atoms with Gasteiger partial charge in [0, 0.05) is 32.2 Å². The van der Waals surface area contributed by atoms with Gasteiger partial charge in [-0.3, -0.25) is 4.79 Å². The summed E-state index contributed by atoms with van der Waals surface area (Å²) in [6, 6.07) is 0.224. The van der Waals surface area contributed by atoms with Crippen molar-refractivity contribution in [1.29, 1.82) is 0 Å². The third-order valence-corrected chi connectivity index (χ3v) is 3.55. The smallest absolute Gasteiger partial charge is 0.224 e. The molecule has 4 nitrogen and oxygen atoms in total. The number of carbonyl (C=O) groups is 1. The molecule has 0 fully saturated rings. The second-order valence-electron chi connectivity index (χ2n) is 6.78. The highest BCUT2D eigenvalue weighted by Crippen LogP contribution is 2.22. The number of hydrogen-bond donors (Lipinski definition) is 1. The molecular weight excluding hydrogens is 252 g/mol. The van der Waals surface area contributed by atoms with Crippen LogP contribution in [0.15, 0.2) is 0 Å².